The summed E-state index contributed by atoms with van der Waals surface area (Å²) in [4.78, 5) is 35.5. The van der Waals surface area contributed by atoms with Crippen molar-refractivity contribution < 1.29 is 23.8 Å². The van der Waals surface area contributed by atoms with Crippen LogP contribution in [-0.2, 0) is 19.1 Å². The Morgan fingerprint density at radius 1 is 1.08 bits per heavy atom. The minimum atomic E-state index is -0.522. The Labute approximate surface area is 220 Å². The molecule has 2 aromatic rings. The van der Waals surface area contributed by atoms with E-state index in [-0.39, 0.29) is 18.9 Å². The highest BCUT2D eigenvalue weighted by Crippen LogP contribution is 2.47. The monoisotopic (exact) mass is 519 g/mol. The van der Waals surface area contributed by atoms with E-state index in [0.717, 1.165) is 22.0 Å². The van der Waals surface area contributed by atoms with E-state index < -0.39 is 12.0 Å². The van der Waals surface area contributed by atoms with Crippen LogP contribution in [0, 0.1) is 0 Å². The van der Waals surface area contributed by atoms with Crippen LogP contribution in [0.1, 0.15) is 30.5 Å². The molecule has 3 aliphatic rings. The van der Waals surface area contributed by atoms with Gasteiger partial charge in [-0.05, 0) is 30.0 Å². The molecule has 1 amide bonds. The van der Waals surface area contributed by atoms with E-state index in [0.29, 0.717) is 43.3 Å². The topological polar surface area (TPSA) is 80.7 Å². The maximum atomic E-state index is 13.5. The standard InChI is InChI=1S/C28H29N3O5S/c1-3-36-27(33)24-25(19-7-5-4-6-8-19)29-28-31(26(24)20-9-11-22(34-2)12-10-20)21(18-37-28)17-23(32)30-13-15-35-16-14-30/h4-12,18,26H,3,13-17H2,1-2H3/t26-/m1/s1. The van der Waals surface area contributed by atoms with Crippen LogP contribution >= 0.6 is 11.8 Å². The van der Waals surface area contributed by atoms with Crippen LogP contribution in [0.25, 0.3) is 5.70 Å². The highest BCUT2D eigenvalue weighted by atomic mass is 32.2. The first-order valence-electron chi connectivity index (χ1n) is 12.3. The van der Waals surface area contributed by atoms with Gasteiger partial charge in [-0.25, -0.2) is 9.79 Å². The summed E-state index contributed by atoms with van der Waals surface area (Å²) in [6.45, 7) is 4.27. The van der Waals surface area contributed by atoms with Gasteiger partial charge < -0.3 is 24.0 Å². The zero-order valence-electron chi connectivity index (χ0n) is 20.9. The van der Waals surface area contributed by atoms with Gasteiger partial charge >= 0.3 is 5.97 Å². The third kappa shape index (κ3) is 5.14. The second-order valence-corrected chi connectivity index (χ2v) is 9.52. The Morgan fingerprint density at radius 2 is 1.81 bits per heavy atom. The molecule has 0 aliphatic carbocycles. The number of carbonyl (C=O) groups excluding carboxylic acids is 2. The quantitative estimate of drug-likeness (QED) is 0.507. The number of hydrogen-bond acceptors (Lipinski definition) is 8. The predicted octanol–water partition coefficient (Wildman–Crippen LogP) is 4.22. The number of fused-ring (bicyclic) bond motifs is 1. The number of amidine groups is 1. The third-order valence-corrected chi connectivity index (χ3v) is 7.37. The summed E-state index contributed by atoms with van der Waals surface area (Å²) < 4.78 is 16.3. The van der Waals surface area contributed by atoms with Crippen LogP contribution in [0.5, 0.6) is 5.75 Å². The number of morpholine rings is 1. The van der Waals surface area contributed by atoms with Crippen molar-refractivity contribution in [2.24, 2.45) is 4.99 Å². The maximum absolute atomic E-state index is 13.5. The lowest BCUT2D eigenvalue weighted by Crippen LogP contribution is -2.42. The van der Waals surface area contributed by atoms with E-state index >= 15 is 0 Å². The van der Waals surface area contributed by atoms with Crippen molar-refractivity contribution in [1.82, 2.24) is 9.80 Å². The number of hydrogen-bond donors (Lipinski definition) is 0. The van der Waals surface area contributed by atoms with Gasteiger partial charge in [0.05, 0.1) is 50.7 Å². The number of aliphatic imine (C=N–C) groups is 1. The van der Waals surface area contributed by atoms with Crippen molar-refractivity contribution in [3.8, 4) is 5.75 Å². The minimum Gasteiger partial charge on any atom is -0.497 e. The van der Waals surface area contributed by atoms with Crippen LogP contribution in [0.15, 0.2) is 76.3 Å². The van der Waals surface area contributed by atoms with E-state index in [1.165, 1.54) is 11.8 Å². The molecule has 37 heavy (non-hydrogen) atoms. The van der Waals surface area contributed by atoms with Crippen molar-refractivity contribution in [2.75, 3.05) is 40.0 Å². The number of nitrogens with zero attached hydrogens (tertiary/aromatic N) is 3. The molecule has 3 aliphatic heterocycles. The SMILES string of the molecule is CCOC(=O)C1=C(c2ccccc2)N=C2SC=C(CC(=O)N3CCOCC3)N2[C@@H]1c1ccc(OC)cc1. The maximum Gasteiger partial charge on any atom is 0.338 e. The van der Waals surface area contributed by atoms with Gasteiger partial charge in [0.25, 0.3) is 0 Å². The van der Waals surface area contributed by atoms with Gasteiger partial charge in [0.15, 0.2) is 5.17 Å². The van der Waals surface area contributed by atoms with Crippen molar-refractivity contribution in [3.05, 3.63) is 82.4 Å². The number of amides is 1. The number of methoxy groups -OCH3 is 1. The average molecular weight is 520 g/mol. The summed E-state index contributed by atoms with van der Waals surface area (Å²) in [5.74, 6) is 0.314. The molecule has 0 radical (unpaired) electrons. The van der Waals surface area contributed by atoms with E-state index in [4.69, 9.17) is 19.2 Å². The summed E-state index contributed by atoms with van der Waals surface area (Å²) in [5, 5.41) is 2.68. The first kappa shape index (κ1) is 25.1. The summed E-state index contributed by atoms with van der Waals surface area (Å²) in [6, 6.07) is 16.8. The fourth-order valence-electron chi connectivity index (χ4n) is 4.67. The molecule has 0 bridgehead atoms. The Balaban J connectivity index is 1.60. The zero-order valence-corrected chi connectivity index (χ0v) is 21.7. The third-order valence-electron chi connectivity index (χ3n) is 6.48. The van der Waals surface area contributed by atoms with E-state index in [1.807, 2.05) is 69.8 Å². The lowest BCUT2D eigenvalue weighted by molar-refractivity contribution is -0.139. The van der Waals surface area contributed by atoms with Crippen LogP contribution in [0.4, 0.5) is 0 Å². The second kappa shape index (κ2) is 11.2. The normalized spacial score (nSPS) is 19.2. The number of ether oxygens (including phenoxy) is 3. The molecule has 0 unspecified atom stereocenters. The first-order chi connectivity index (χ1) is 18.1. The highest BCUT2D eigenvalue weighted by molar-refractivity contribution is 8.16. The summed E-state index contributed by atoms with van der Waals surface area (Å²) in [5.41, 5.74) is 3.52. The van der Waals surface area contributed by atoms with Crippen molar-refractivity contribution >= 4 is 34.5 Å². The fraction of sp³-hybridized carbons (Fsp3) is 0.321. The molecule has 8 nitrogen and oxygen atoms in total. The molecule has 1 saturated heterocycles. The minimum absolute atomic E-state index is 0.0281. The highest BCUT2D eigenvalue weighted by Gasteiger charge is 2.42. The molecule has 1 fully saturated rings. The molecule has 3 heterocycles. The molecule has 192 valence electrons. The van der Waals surface area contributed by atoms with E-state index in [9.17, 15) is 9.59 Å². The molecular weight excluding hydrogens is 490 g/mol. The Bertz CT molecular complexity index is 1250. The second-order valence-electron chi connectivity index (χ2n) is 8.69. The van der Waals surface area contributed by atoms with Crippen molar-refractivity contribution in [2.45, 2.75) is 19.4 Å². The zero-order chi connectivity index (χ0) is 25.8. The molecular formula is C28H29N3O5S. The van der Waals surface area contributed by atoms with Gasteiger partial charge in [-0.2, -0.15) is 0 Å². The van der Waals surface area contributed by atoms with Crippen LogP contribution in [0.3, 0.4) is 0 Å². The summed E-state index contributed by atoms with van der Waals surface area (Å²) >= 11 is 1.46. The predicted molar refractivity (Wildman–Crippen MR) is 143 cm³/mol. The number of benzene rings is 2. The van der Waals surface area contributed by atoms with Gasteiger partial charge in [-0.1, -0.05) is 54.2 Å². The Hall–Kier alpha value is -3.56. The average Bonchev–Trinajstić information content (AvgIpc) is 3.35. The van der Waals surface area contributed by atoms with Crippen molar-refractivity contribution in [3.63, 3.8) is 0 Å². The fourth-order valence-corrected chi connectivity index (χ4v) is 5.59. The number of thioether (sulfide) groups is 1. The van der Waals surface area contributed by atoms with Gasteiger partial charge in [0.1, 0.15) is 5.75 Å². The summed E-state index contributed by atoms with van der Waals surface area (Å²) in [6.07, 6.45) is 0.204. The largest absolute Gasteiger partial charge is 0.497 e. The van der Waals surface area contributed by atoms with Gasteiger partial charge in [0, 0.05) is 24.4 Å². The van der Waals surface area contributed by atoms with Crippen LogP contribution < -0.4 is 4.74 Å². The van der Waals surface area contributed by atoms with Gasteiger partial charge in [-0.3, -0.25) is 4.79 Å². The van der Waals surface area contributed by atoms with Crippen LogP contribution in [-0.4, -0.2) is 66.9 Å². The molecule has 9 heteroatoms. The van der Waals surface area contributed by atoms with E-state index in [2.05, 4.69) is 0 Å². The first-order valence-corrected chi connectivity index (χ1v) is 13.2. The summed E-state index contributed by atoms with van der Waals surface area (Å²) in [7, 11) is 1.62. The molecule has 0 aromatic heterocycles. The van der Waals surface area contributed by atoms with Gasteiger partial charge in [-0.15, -0.1) is 0 Å². The van der Waals surface area contributed by atoms with E-state index in [1.54, 1.807) is 14.0 Å². The lowest BCUT2D eigenvalue weighted by atomic mass is 9.91. The lowest BCUT2D eigenvalue weighted by Gasteiger charge is -2.37. The molecule has 0 spiro atoms. The Kier molecular flexibility index (Phi) is 7.62. The molecule has 0 saturated carbocycles. The molecule has 2 aromatic carbocycles. The number of esters is 1. The molecule has 1 atom stereocenters. The molecule has 5 rings (SSSR count). The molecule has 0 N–H and O–H groups in total. The number of rotatable bonds is 7. The van der Waals surface area contributed by atoms with Gasteiger partial charge in [0.2, 0.25) is 5.91 Å². The smallest absolute Gasteiger partial charge is 0.338 e. The van der Waals surface area contributed by atoms with Crippen LogP contribution in [0.2, 0.25) is 0 Å². The Morgan fingerprint density at radius 3 is 2.49 bits per heavy atom. The van der Waals surface area contributed by atoms with Crippen molar-refractivity contribution in [1.29, 1.82) is 0 Å². The number of carbonyl (C=O) groups is 2.